The van der Waals surface area contributed by atoms with Gasteiger partial charge in [0.2, 0.25) is 0 Å². The number of hydrogen-bond acceptors (Lipinski definition) is 5. The molecular weight excluding hydrogens is 450 g/mol. The summed E-state index contributed by atoms with van der Waals surface area (Å²) in [6, 6.07) is 18.2. The minimum atomic E-state index is -4.54. The summed E-state index contributed by atoms with van der Waals surface area (Å²) in [5.74, 6) is -5.54. The maximum atomic E-state index is 15.5. The number of aryl methyl sites for hydroxylation is 1. The molecule has 0 saturated heterocycles. The molecule has 172 valence electrons. The lowest BCUT2D eigenvalue weighted by atomic mass is 10.0. The molecule has 0 spiro atoms. The first-order chi connectivity index (χ1) is 15.6. The number of allylic oxidation sites excluding steroid dienone is 1. The summed E-state index contributed by atoms with van der Waals surface area (Å²) in [4.78, 5) is 11.6. The third-order valence-electron chi connectivity index (χ3n) is 4.67. The maximum Gasteiger partial charge on any atom is 0.339 e. The van der Waals surface area contributed by atoms with Crippen molar-refractivity contribution in [3.05, 3.63) is 107 Å². The molecule has 0 aliphatic rings. The first-order valence-corrected chi connectivity index (χ1v) is 11.5. The first-order valence-electron chi connectivity index (χ1n) is 10.1. The number of esters is 1. The highest BCUT2D eigenvalue weighted by Crippen LogP contribution is 2.39. The third kappa shape index (κ3) is 5.84. The Hall–Kier alpha value is -3.52. The van der Waals surface area contributed by atoms with Gasteiger partial charge in [-0.25, -0.2) is 4.79 Å². The van der Waals surface area contributed by atoms with Crippen molar-refractivity contribution >= 4 is 22.2 Å². The predicted molar refractivity (Wildman–Crippen MR) is 120 cm³/mol. The van der Waals surface area contributed by atoms with Crippen LogP contribution in [-0.2, 0) is 25.0 Å². The second-order valence-electron chi connectivity index (χ2n) is 7.14. The predicted octanol–water partition coefficient (Wildman–Crippen LogP) is 5.71. The van der Waals surface area contributed by atoms with Gasteiger partial charge >= 0.3 is 22.0 Å². The van der Waals surface area contributed by atoms with E-state index in [0.717, 1.165) is 23.8 Å². The molecule has 3 aromatic carbocycles. The van der Waals surface area contributed by atoms with E-state index in [1.54, 1.807) is 56.3 Å². The van der Waals surface area contributed by atoms with Crippen molar-refractivity contribution in [2.75, 3.05) is 6.61 Å². The summed E-state index contributed by atoms with van der Waals surface area (Å²) in [5.41, 5.74) is 0.686. The van der Waals surface area contributed by atoms with E-state index >= 15 is 8.78 Å². The summed E-state index contributed by atoms with van der Waals surface area (Å²) in [7, 11) is -4.54. The lowest BCUT2D eigenvalue weighted by molar-refractivity contribution is 0.00375. The molecule has 0 aromatic heterocycles. The number of halogens is 2. The molecule has 3 rings (SSSR count). The van der Waals surface area contributed by atoms with Gasteiger partial charge in [-0.15, -0.1) is 0 Å². The van der Waals surface area contributed by atoms with Crippen LogP contribution in [0.4, 0.5) is 8.78 Å². The molecule has 0 aliphatic carbocycles. The summed E-state index contributed by atoms with van der Waals surface area (Å²) in [5, 5.41) is 0. The highest BCUT2D eigenvalue weighted by Gasteiger charge is 2.41. The van der Waals surface area contributed by atoms with E-state index < -0.39 is 33.3 Å². The van der Waals surface area contributed by atoms with E-state index in [-0.39, 0.29) is 17.1 Å². The largest absolute Gasteiger partial charge is 0.462 e. The smallest absolute Gasteiger partial charge is 0.339 e. The van der Waals surface area contributed by atoms with Crippen molar-refractivity contribution in [1.29, 1.82) is 0 Å². The standard InChI is InChI=1S/C25H22F2O5S/c1-3-31-24(28)20-11-13-21(14-12-20)25(26,27)23(17-19-7-5-4-6-8-19)32-33(29,30)22-15-9-18(2)10-16-22/h4-17H,3H2,1-2H3/b23-17+. The molecule has 0 bridgehead atoms. The molecule has 33 heavy (non-hydrogen) atoms. The van der Waals surface area contributed by atoms with Gasteiger partial charge in [0.15, 0.2) is 5.76 Å². The first kappa shape index (κ1) is 24.1. The summed E-state index contributed by atoms with van der Waals surface area (Å²) in [6.07, 6.45) is 0.977. The Kier molecular flexibility index (Phi) is 7.28. The zero-order valence-electron chi connectivity index (χ0n) is 18.0. The van der Waals surface area contributed by atoms with Crippen LogP contribution in [-0.4, -0.2) is 21.0 Å². The van der Waals surface area contributed by atoms with Crippen LogP contribution in [0, 0.1) is 6.92 Å². The lowest BCUT2D eigenvalue weighted by Crippen LogP contribution is -2.22. The maximum absolute atomic E-state index is 15.5. The van der Waals surface area contributed by atoms with Crippen molar-refractivity contribution in [2.24, 2.45) is 0 Å². The molecular formula is C25H22F2O5S. The fraction of sp³-hybridized carbons (Fsp3) is 0.160. The van der Waals surface area contributed by atoms with Crippen LogP contribution in [0.1, 0.15) is 34.0 Å². The van der Waals surface area contributed by atoms with Crippen molar-refractivity contribution in [3.63, 3.8) is 0 Å². The van der Waals surface area contributed by atoms with Crippen LogP contribution < -0.4 is 0 Å². The minimum Gasteiger partial charge on any atom is -0.462 e. The Balaban J connectivity index is 2.02. The van der Waals surface area contributed by atoms with E-state index in [0.29, 0.717) is 5.56 Å². The van der Waals surface area contributed by atoms with E-state index in [4.69, 9.17) is 8.92 Å². The van der Waals surface area contributed by atoms with E-state index in [2.05, 4.69) is 0 Å². The average Bonchev–Trinajstić information content (AvgIpc) is 2.80. The van der Waals surface area contributed by atoms with Crippen molar-refractivity contribution in [1.82, 2.24) is 0 Å². The Labute approximate surface area is 191 Å². The van der Waals surface area contributed by atoms with Crippen LogP contribution in [0.25, 0.3) is 6.08 Å². The van der Waals surface area contributed by atoms with Gasteiger partial charge in [-0.3, -0.25) is 0 Å². The number of alkyl halides is 2. The second kappa shape index (κ2) is 9.95. The molecule has 0 heterocycles. The van der Waals surface area contributed by atoms with Crippen LogP contribution in [0.2, 0.25) is 0 Å². The summed E-state index contributed by atoms with van der Waals surface area (Å²) >= 11 is 0. The fourth-order valence-corrected chi connectivity index (χ4v) is 3.87. The van der Waals surface area contributed by atoms with Gasteiger partial charge in [0.25, 0.3) is 0 Å². The number of hydrogen-bond donors (Lipinski definition) is 0. The molecule has 0 atom stereocenters. The fourth-order valence-electron chi connectivity index (χ4n) is 2.91. The van der Waals surface area contributed by atoms with E-state index in [1.165, 1.54) is 24.3 Å². The summed E-state index contributed by atoms with van der Waals surface area (Å²) < 4.78 is 66.5. The number of benzene rings is 3. The van der Waals surface area contributed by atoms with E-state index in [9.17, 15) is 13.2 Å². The molecule has 0 radical (unpaired) electrons. The second-order valence-corrected chi connectivity index (χ2v) is 8.69. The third-order valence-corrected chi connectivity index (χ3v) is 5.92. The SMILES string of the molecule is CCOC(=O)c1ccc(C(F)(F)/C(=C\c2ccccc2)OS(=O)(=O)c2ccc(C)cc2)cc1. The van der Waals surface area contributed by atoms with Gasteiger partial charge in [-0.1, -0.05) is 60.2 Å². The van der Waals surface area contributed by atoms with Gasteiger partial charge in [0.1, 0.15) is 4.90 Å². The lowest BCUT2D eigenvalue weighted by Gasteiger charge is -2.21. The number of ether oxygens (including phenoxy) is 1. The molecule has 0 fully saturated rings. The highest BCUT2D eigenvalue weighted by atomic mass is 32.2. The Morgan fingerprint density at radius 3 is 2.12 bits per heavy atom. The molecule has 3 aromatic rings. The van der Waals surface area contributed by atoms with E-state index in [1.807, 2.05) is 0 Å². The molecule has 5 nitrogen and oxygen atoms in total. The Morgan fingerprint density at radius 2 is 1.55 bits per heavy atom. The quantitative estimate of drug-likeness (QED) is 0.239. The van der Waals surface area contributed by atoms with Gasteiger partial charge in [0, 0.05) is 5.56 Å². The molecule has 0 amide bonds. The number of carbonyl (C=O) groups is 1. The molecule has 0 saturated carbocycles. The monoisotopic (exact) mass is 472 g/mol. The number of rotatable bonds is 8. The minimum absolute atomic E-state index is 0.0955. The summed E-state index contributed by atoms with van der Waals surface area (Å²) in [6.45, 7) is 3.55. The van der Waals surface area contributed by atoms with Crippen LogP contribution in [0.15, 0.2) is 89.5 Å². The van der Waals surface area contributed by atoms with Crippen LogP contribution in [0.5, 0.6) is 0 Å². The molecule has 8 heteroatoms. The molecule has 0 aliphatic heterocycles. The normalized spacial score (nSPS) is 12.3. The molecule has 0 unspecified atom stereocenters. The van der Waals surface area contributed by atoms with Crippen LogP contribution in [0.3, 0.4) is 0 Å². The van der Waals surface area contributed by atoms with Crippen molar-refractivity contribution in [3.8, 4) is 0 Å². The zero-order valence-corrected chi connectivity index (χ0v) is 18.8. The molecule has 0 N–H and O–H groups in total. The van der Waals surface area contributed by atoms with Crippen molar-refractivity contribution in [2.45, 2.75) is 24.7 Å². The Morgan fingerprint density at radius 1 is 0.939 bits per heavy atom. The van der Waals surface area contributed by atoms with Gasteiger partial charge in [-0.2, -0.15) is 17.2 Å². The van der Waals surface area contributed by atoms with Gasteiger partial charge < -0.3 is 8.92 Å². The number of carbonyl (C=O) groups excluding carboxylic acids is 1. The highest BCUT2D eigenvalue weighted by molar-refractivity contribution is 7.86. The zero-order chi connectivity index (χ0) is 24.1. The average molecular weight is 473 g/mol. The Bertz CT molecular complexity index is 1230. The van der Waals surface area contributed by atoms with Gasteiger partial charge in [-0.05, 0) is 49.8 Å². The topological polar surface area (TPSA) is 69.7 Å². The van der Waals surface area contributed by atoms with Gasteiger partial charge in [0.05, 0.1) is 12.2 Å². The van der Waals surface area contributed by atoms with Crippen molar-refractivity contribution < 1.29 is 30.9 Å². The van der Waals surface area contributed by atoms with Crippen LogP contribution >= 0.6 is 0 Å².